The highest BCUT2D eigenvalue weighted by molar-refractivity contribution is 5.76. The molecule has 0 bridgehead atoms. The van der Waals surface area contributed by atoms with Crippen LogP contribution in [0.25, 0.3) is 5.57 Å². The van der Waals surface area contributed by atoms with Crippen molar-refractivity contribution in [2.75, 3.05) is 13.2 Å². The first-order valence-electron chi connectivity index (χ1n) is 12.1. The lowest BCUT2D eigenvalue weighted by atomic mass is 10.0. The third kappa shape index (κ3) is 8.66. The first-order chi connectivity index (χ1) is 18.4. The van der Waals surface area contributed by atoms with Crippen molar-refractivity contribution in [2.45, 2.75) is 45.5 Å². The zero-order chi connectivity index (χ0) is 28.7. The van der Waals surface area contributed by atoms with Crippen LogP contribution >= 0.6 is 0 Å². The fraction of sp³-hybridized carbons (Fsp3) is 0.357. The van der Waals surface area contributed by atoms with Gasteiger partial charge in [0, 0.05) is 29.2 Å². The summed E-state index contributed by atoms with van der Waals surface area (Å²) < 4.78 is 127. The van der Waals surface area contributed by atoms with E-state index in [1.807, 2.05) is 0 Å². The summed E-state index contributed by atoms with van der Waals surface area (Å²) in [5.41, 5.74) is -0.435. The Hall–Kier alpha value is -3.18. The van der Waals surface area contributed by atoms with Crippen LogP contribution < -0.4 is 4.74 Å². The summed E-state index contributed by atoms with van der Waals surface area (Å²) in [4.78, 5) is 0. The Balaban J connectivity index is 1.81. The monoisotopic (exact) mass is 562 g/mol. The molecule has 0 saturated carbocycles. The molecule has 1 heterocycles. The maximum absolute atomic E-state index is 15.0. The van der Waals surface area contributed by atoms with Gasteiger partial charge in [0.25, 0.3) is 0 Å². The minimum absolute atomic E-state index is 0.149. The van der Waals surface area contributed by atoms with Gasteiger partial charge in [-0.1, -0.05) is 31.9 Å². The van der Waals surface area contributed by atoms with Crippen LogP contribution in [-0.2, 0) is 9.47 Å². The van der Waals surface area contributed by atoms with Gasteiger partial charge in [-0.2, -0.15) is 8.78 Å². The van der Waals surface area contributed by atoms with E-state index < -0.39 is 58.6 Å². The van der Waals surface area contributed by atoms with Crippen LogP contribution in [0.4, 0.5) is 35.1 Å². The van der Waals surface area contributed by atoms with Gasteiger partial charge in [0.2, 0.25) is 0 Å². The molecular weight excluding hydrogens is 536 g/mol. The maximum atomic E-state index is 15.0. The van der Waals surface area contributed by atoms with Crippen LogP contribution in [-0.4, -0.2) is 19.3 Å². The molecule has 0 radical (unpaired) electrons. The number of halogens is 8. The predicted octanol–water partition coefficient (Wildman–Crippen LogP) is 8.88. The normalized spacial score (nSPS) is 19.4. The average Bonchev–Trinajstić information content (AvgIpc) is 2.85. The Kier molecular flexibility index (Phi) is 10.3. The topological polar surface area (TPSA) is 27.7 Å². The van der Waals surface area contributed by atoms with Gasteiger partial charge >= 0.3 is 6.11 Å². The van der Waals surface area contributed by atoms with Crippen molar-refractivity contribution in [3.63, 3.8) is 0 Å². The first kappa shape index (κ1) is 30.4. The lowest BCUT2D eigenvalue weighted by Crippen LogP contribution is -2.27. The van der Waals surface area contributed by atoms with Crippen LogP contribution in [0.15, 0.2) is 60.2 Å². The van der Waals surface area contributed by atoms with E-state index in [2.05, 4.69) is 11.7 Å². The molecular formula is C28H26F8O3. The fourth-order valence-corrected chi connectivity index (χ4v) is 3.85. The van der Waals surface area contributed by atoms with E-state index in [0.29, 0.717) is 24.9 Å². The average molecular weight is 562 g/mol. The molecule has 2 aromatic carbocycles. The molecule has 39 heavy (non-hydrogen) atoms. The molecule has 0 aliphatic carbocycles. The number of allylic oxidation sites excluding steroid dienone is 5. The third-order valence-corrected chi connectivity index (χ3v) is 5.67. The lowest BCUT2D eigenvalue weighted by molar-refractivity contribution is -0.206. The van der Waals surface area contributed by atoms with Crippen LogP contribution in [0.5, 0.6) is 5.75 Å². The number of rotatable bonds is 10. The van der Waals surface area contributed by atoms with Crippen molar-refractivity contribution < 1.29 is 49.3 Å². The van der Waals surface area contributed by atoms with Gasteiger partial charge in [-0.3, -0.25) is 0 Å². The fourth-order valence-electron chi connectivity index (χ4n) is 3.85. The Bertz CT molecular complexity index is 1220. The number of hydrogen-bond acceptors (Lipinski definition) is 3. The van der Waals surface area contributed by atoms with Gasteiger partial charge < -0.3 is 14.2 Å². The molecule has 1 fully saturated rings. The summed E-state index contributed by atoms with van der Waals surface area (Å²) in [6, 6.07) is 3.96. The zero-order valence-electron chi connectivity index (χ0n) is 21.1. The summed E-state index contributed by atoms with van der Waals surface area (Å²) in [5.74, 6) is -9.88. The Morgan fingerprint density at radius 1 is 0.974 bits per heavy atom. The van der Waals surface area contributed by atoms with E-state index in [1.54, 1.807) is 0 Å². The van der Waals surface area contributed by atoms with E-state index in [0.717, 1.165) is 38.3 Å². The van der Waals surface area contributed by atoms with Crippen molar-refractivity contribution in [1.82, 2.24) is 0 Å². The molecule has 1 aliphatic rings. The van der Waals surface area contributed by atoms with Crippen molar-refractivity contribution >= 4 is 5.57 Å². The molecule has 0 unspecified atom stereocenters. The standard InChI is InChI=1S/C28H26F8O3/c1-3-4-5-17-14-37-27(38-15-17)18-6-7-22(23(31)10-18)19(8-16(2)29)9-20(30)13-28(35,36)39-21-11-24(32)26(34)25(33)12-21/h6-13,17,27H,3-5,14-15H2,1-2H3/b16-8+,19-9+,20-13-. The van der Waals surface area contributed by atoms with Gasteiger partial charge in [-0.25, -0.2) is 26.3 Å². The second kappa shape index (κ2) is 13.3. The molecule has 11 heteroatoms. The summed E-state index contributed by atoms with van der Waals surface area (Å²) in [5, 5.41) is 0. The Morgan fingerprint density at radius 3 is 2.18 bits per heavy atom. The SMILES string of the molecule is CCCCC1COC(c2ccc(C(/C=C(\C)F)=C/C(F)=C/C(F)(F)Oc3cc(F)c(F)c(F)c3)c(F)c2)OC1. The van der Waals surface area contributed by atoms with E-state index in [-0.39, 0.29) is 29.7 Å². The van der Waals surface area contributed by atoms with Gasteiger partial charge in [-0.15, -0.1) is 0 Å². The van der Waals surface area contributed by atoms with Gasteiger partial charge in [-0.05, 0) is 37.1 Å². The summed E-state index contributed by atoms with van der Waals surface area (Å²) >= 11 is 0. The highest BCUT2D eigenvalue weighted by Crippen LogP contribution is 2.32. The number of ether oxygens (including phenoxy) is 3. The predicted molar refractivity (Wildman–Crippen MR) is 128 cm³/mol. The van der Waals surface area contributed by atoms with Crippen LogP contribution in [0, 0.1) is 29.2 Å². The summed E-state index contributed by atoms with van der Waals surface area (Å²) in [6.45, 7) is 3.90. The summed E-state index contributed by atoms with van der Waals surface area (Å²) in [6.07, 6.45) is -1.55. The second-order valence-corrected chi connectivity index (χ2v) is 8.97. The molecule has 1 aliphatic heterocycles. The van der Waals surface area contributed by atoms with Crippen LogP contribution in [0.2, 0.25) is 0 Å². The highest BCUT2D eigenvalue weighted by Gasteiger charge is 2.31. The van der Waals surface area contributed by atoms with Crippen LogP contribution in [0.3, 0.4) is 0 Å². The number of unbranched alkanes of at least 4 members (excludes halogenated alkanes) is 1. The van der Waals surface area contributed by atoms with Gasteiger partial charge in [0.1, 0.15) is 17.4 Å². The molecule has 0 atom stereocenters. The van der Waals surface area contributed by atoms with E-state index in [4.69, 9.17) is 9.47 Å². The van der Waals surface area contributed by atoms with Crippen molar-refractivity contribution in [3.05, 3.63) is 94.6 Å². The molecule has 0 aromatic heterocycles. The zero-order valence-corrected chi connectivity index (χ0v) is 21.1. The van der Waals surface area contributed by atoms with E-state index >= 15 is 4.39 Å². The molecule has 3 nitrogen and oxygen atoms in total. The van der Waals surface area contributed by atoms with Crippen molar-refractivity contribution in [3.8, 4) is 5.75 Å². The number of hydrogen-bond donors (Lipinski definition) is 0. The molecule has 2 aromatic rings. The third-order valence-electron chi connectivity index (χ3n) is 5.67. The second-order valence-electron chi connectivity index (χ2n) is 8.97. The van der Waals surface area contributed by atoms with Crippen molar-refractivity contribution in [1.29, 1.82) is 0 Å². The maximum Gasteiger partial charge on any atom is 0.422 e. The van der Waals surface area contributed by atoms with E-state index in [1.165, 1.54) is 12.1 Å². The Labute approximate surface area is 220 Å². The smallest absolute Gasteiger partial charge is 0.422 e. The lowest BCUT2D eigenvalue weighted by Gasteiger charge is -2.29. The van der Waals surface area contributed by atoms with Crippen LogP contribution in [0.1, 0.15) is 50.5 Å². The van der Waals surface area contributed by atoms with Crippen molar-refractivity contribution in [2.24, 2.45) is 5.92 Å². The number of benzene rings is 2. The molecule has 1 saturated heterocycles. The number of alkyl halides is 2. The largest absolute Gasteiger partial charge is 0.429 e. The van der Waals surface area contributed by atoms with Gasteiger partial charge in [0.15, 0.2) is 23.7 Å². The highest BCUT2D eigenvalue weighted by atomic mass is 19.3. The summed E-state index contributed by atoms with van der Waals surface area (Å²) in [7, 11) is 0. The first-order valence-corrected chi connectivity index (χ1v) is 12.1. The molecule has 0 amide bonds. The minimum atomic E-state index is -4.47. The van der Waals surface area contributed by atoms with Gasteiger partial charge in [0.05, 0.1) is 25.1 Å². The van der Waals surface area contributed by atoms with E-state index in [9.17, 15) is 30.7 Å². The molecule has 3 rings (SSSR count). The quantitative estimate of drug-likeness (QED) is 0.165. The molecule has 0 spiro atoms. The molecule has 212 valence electrons. The minimum Gasteiger partial charge on any atom is -0.429 e. The molecule has 0 N–H and O–H groups in total. The Morgan fingerprint density at radius 2 is 1.62 bits per heavy atom.